The first-order valence-electron chi connectivity index (χ1n) is 8.00. The van der Waals surface area contributed by atoms with Crippen molar-refractivity contribution in [2.45, 2.75) is 46.6 Å². The Labute approximate surface area is 151 Å². The number of thiophene rings is 1. The fraction of sp³-hybridized carbons (Fsp3) is 0.529. The molecule has 0 aliphatic heterocycles. The van der Waals surface area contributed by atoms with Crippen LogP contribution in [0.25, 0.3) is 0 Å². The fourth-order valence-corrected chi connectivity index (χ4v) is 3.37. The first kappa shape index (κ1) is 20.8. The van der Waals surface area contributed by atoms with E-state index in [1.54, 1.807) is 6.07 Å². The second-order valence-electron chi connectivity index (χ2n) is 5.83. The van der Waals surface area contributed by atoms with Crippen molar-refractivity contribution < 1.29 is 24.3 Å². The number of carbonyl (C=O) groups excluding carboxylic acids is 3. The number of nitrogens with one attached hydrogen (secondary N) is 1. The van der Waals surface area contributed by atoms with Crippen molar-refractivity contribution in [3.05, 3.63) is 21.4 Å². The highest BCUT2D eigenvalue weighted by Crippen LogP contribution is 2.22. The molecule has 1 unspecified atom stereocenters. The predicted octanol–water partition coefficient (Wildman–Crippen LogP) is 1.77. The van der Waals surface area contributed by atoms with Crippen LogP contribution in [0.1, 0.15) is 46.8 Å². The van der Waals surface area contributed by atoms with Gasteiger partial charge in [0.1, 0.15) is 6.04 Å². The number of carboxylic acids is 1. The molecule has 2 N–H and O–H groups in total. The van der Waals surface area contributed by atoms with Crippen LogP contribution in [0.4, 0.5) is 0 Å². The summed E-state index contributed by atoms with van der Waals surface area (Å²) in [5, 5.41) is 11.7. The summed E-state index contributed by atoms with van der Waals surface area (Å²) in [6.07, 6.45) is -0.0380. The molecule has 0 aliphatic carbocycles. The third-order valence-electron chi connectivity index (χ3n) is 3.78. The first-order chi connectivity index (χ1) is 11.6. The summed E-state index contributed by atoms with van der Waals surface area (Å²) >= 11 is 1.53. The third kappa shape index (κ3) is 6.30. The van der Waals surface area contributed by atoms with Crippen molar-refractivity contribution in [1.29, 1.82) is 0 Å². The van der Waals surface area contributed by atoms with E-state index in [0.29, 0.717) is 5.56 Å². The number of carbonyl (C=O) groups is 4. The highest BCUT2D eigenvalue weighted by atomic mass is 32.1. The van der Waals surface area contributed by atoms with Crippen LogP contribution in [0.15, 0.2) is 6.07 Å². The second-order valence-corrected chi connectivity index (χ2v) is 7.29. The monoisotopic (exact) mass is 368 g/mol. The van der Waals surface area contributed by atoms with Gasteiger partial charge in [-0.25, -0.2) is 4.79 Å². The van der Waals surface area contributed by atoms with Crippen LogP contribution < -0.4 is 5.32 Å². The molecule has 138 valence electrons. The molecule has 0 saturated heterocycles. The second kappa shape index (κ2) is 9.31. The fourth-order valence-electron chi connectivity index (χ4n) is 2.43. The molecule has 7 nitrogen and oxygen atoms in total. The van der Waals surface area contributed by atoms with Crippen molar-refractivity contribution in [2.24, 2.45) is 0 Å². The molecule has 0 radical (unpaired) electrons. The van der Waals surface area contributed by atoms with Crippen LogP contribution in [-0.2, 0) is 14.4 Å². The molecule has 0 spiro atoms. The quantitative estimate of drug-likeness (QED) is 0.647. The number of hydrogen-bond donors (Lipinski definition) is 2. The number of rotatable bonds is 9. The van der Waals surface area contributed by atoms with Gasteiger partial charge in [0.15, 0.2) is 5.78 Å². The Hall–Kier alpha value is -2.22. The van der Waals surface area contributed by atoms with E-state index in [1.165, 1.54) is 30.1 Å². The Morgan fingerprint density at radius 1 is 1.24 bits per heavy atom. The molecule has 0 fully saturated rings. The molecule has 1 aromatic rings. The van der Waals surface area contributed by atoms with Gasteiger partial charge in [0, 0.05) is 48.2 Å². The lowest BCUT2D eigenvalue weighted by atomic mass is 10.1. The molecule has 0 bridgehead atoms. The summed E-state index contributed by atoms with van der Waals surface area (Å²) in [5.74, 6) is -1.93. The smallest absolute Gasteiger partial charge is 0.326 e. The molecule has 0 aliphatic rings. The minimum Gasteiger partial charge on any atom is -0.480 e. The highest BCUT2D eigenvalue weighted by Gasteiger charge is 2.26. The highest BCUT2D eigenvalue weighted by molar-refractivity contribution is 7.12. The number of ketones is 1. The molecule has 0 aromatic carbocycles. The summed E-state index contributed by atoms with van der Waals surface area (Å²) < 4.78 is 0. The van der Waals surface area contributed by atoms with Gasteiger partial charge in [-0.2, -0.15) is 0 Å². The Bertz CT molecular complexity index is 668. The number of hydrogen-bond acceptors (Lipinski definition) is 5. The third-order valence-corrected chi connectivity index (χ3v) is 4.75. The van der Waals surface area contributed by atoms with Crippen LogP contribution in [-0.4, -0.2) is 52.7 Å². The van der Waals surface area contributed by atoms with Gasteiger partial charge < -0.3 is 15.3 Å². The summed E-state index contributed by atoms with van der Waals surface area (Å²) in [4.78, 5) is 49.9. The van der Waals surface area contributed by atoms with Crippen molar-refractivity contribution in [1.82, 2.24) is 10.2 Å². The van der Waals surface area contributed by atoms with Gasteiger partial charge in [-0.05, 0) is 26.8 Å². The van der Waals surface area contributed by atoms with Crippen molar-refractivity contribution in [2.75, 3.05) is 13.1 Å². The molecule has 25 heavy (non-hydrogen) atoms. The maximum Gasteiger partial charge on any atom is 0.326 e. The van der Waals surface area contributed by atoms with E-state index in [1.807, 2.05) is 13.8 Å². The Morgan fingerprint density at radius 2 is 1.88 bits per heavy atom. The van der Waals surface area contributed by atoms with E-state index in [2.05, 4.69) is 5.32 Å². The zero-order valence-corrected chi connectivity index (χ0v) is 15.7. The molecule has 2 amide bonds. The lowest BCUT2D eigenvalue weighted by Crippen LogP contribution is -2.46. The van der Waals surface area contributed by atoms with E-state index in [0.717, 1.165) is 9.75 Å². The maximum atomic E-state index is 12.4. The lowest BCUT2D eigenvalue weighted by molar-refractivity contribution is -0.149. The lowest BCUT2D eigenvalue weighted by Gasteiger charge is -2.26. The zero-order valence-electron chi connectivity index (χ0n) is 14.9. The molecular formula is C17H24N2O5S. The molecule has 8 heteroatoms. The minimum atomic E-state index is -1.13. The SMILES string of the molecule is CC(=O)NCCN(C(=O)CCC(=O)c1cc(C)sc1C)C(C)C(=O)O. The van der Waals surface area contributed by atoms with Crippen molar-refractivity contribution in [3.63, 3.8) is 0 Å². The van der Waals surface area contributed by atoms with E-state index < -0.39 is 17.9 Å². The number of Topliss-reactive ketones (excluding diaryl/α,β-unsaturated/α-hetero) is 1. The van der Waals surface area contributed by atoms with Gasteiger partial charge >= 0.3 is 5.97 Å². The van der Waals surface area contributed by atoms with Crippen LogP contribution in [0.5, 0.6) is 0 Å². The van der Waals surface area contributed by atoms with E-state index in [-0.39, 0.29) is 37.6 Å². The van der Waals surface area contributed by atoms with Gasteiger partial charge in [0.2, 0.25) is 11.8 Å². The average Bonchev–Trinajstić information content (AvgIpc) is 2.86. The van der Waals surface area contributed by atoms with Crippen molar-refractivity contribution >= 4 is 34.9 Å². The van der Waals surface area contributed by atoms with Gasteiger partial charge in [-0.15, -0.1) is 11.3 Å². The molecule has 1 heterocycles. The Balaban J connectivity index is 2.70. The molecule has 0 saturated carbocycles. The summed E-state index contributed by atoms with van der Waals surface area (Å²) in [7, 11) is 0. The standard InChI is InChI=1S/C17H24N2O5S/c1-10-9-14(12(3)25-10)15(21)5-6-16(22)19(11(2)17(23)24)8-7-18-13(4)20/h9,11H,5-8H2,1-4H3,(H,18,20)(H,23,24). The average molecular weight is 368 g/mol. The predicted molar refractivity (Wildman–Crippen MR) is 94.9 cm³/mol. The summed E-state index contributed by atoms with van der Waals surface area (Å²) in [6.45, 7) is 6.77. The summed E-state index contributed by atoms with van der Waals surface area (Å²) in [6, 6.07) is 0.780. The maximum absolute atomic E-state index is 12.4. The first-order valence-corrected chi connectivity index (χ1v) is 8.82. The summed E-state index contributed by atoms with van der Waals surface area (Å²) in [5.41, 5.74) is 0.617. The van der Waals surface area contributed by atoms with Crippen LogP contribution in [0, 0.1) is 13.8 Å². The largest absolute Gasteiger partial charge is 0.480 e. The van der Waals surface area contributed by atoms with Gasteiger partial charge in [0.05, 0.1) is 0 Å². The molecular weight excluding hydrogens is 344 g/mol. The minimum absolute atomic E-state index is 0.0266. The normalized spacial score (nSPS) is 11.7. The number of carboxylic acid groups (broad SMARTS) is 1. The number of aliphatic carboxylic acids is 1. The topological polar surface area (TPSA) is 104 Å². The molecule has 1 rings (SSSR count). The van der Waals surface area contributed by atoms with Gasteiger partial charge in [-0.1, -0.05) is 0 Å². The van der Waals surface area contributed by atoms with Crippen LogP contribution >= 0.6 is 11.3 Å². The van der Waals surface area contributed by atoms with E-state index in [9.17, 15) is 19.2 Å². The number of aryl methyl sites for hydroxylation is 2. The number of nitrogens with zero attached hydrogens (tertiary/aromatic N) is 1. The van der Waals surface area contributed by atoms with Gasteiger partial charge in [0.25, 0.3) is 0 Å². The van der Waals surface area contributed by atoms with E-state index >= 15 is 0 Å². The van der Waals surface area contributed by atoms with E-state index in [4.69, 9.17) is 5.11 Å². The molecule has 1 atom stereocenters. The zero-order chi connectivity index (χ0) is 19.1. The Kier molecular flexibility index (Phi) is 7.76. The van der Waals surface area contributed by atoms with Gasteiger partial charge in [-0.3, -0.25) is 14.4 Å². The van der Waals surface area contributed by atoms with Crippen LogP contribution in [0.3, 0.4) is 0 Å². The van der Waals surface area contributed by atoms with Crippen molar-refractivity contribution in [3.8, 4) is 0 Å². The molecule has 1 aromatic heterocycles. The Morgan fingerprint density at radius 3 is 2.36 bits per heavy atom. The van der Waals surface area contributed by atoms with Crippen LogP contribution in [0.2, 0.25) is 0 Å². The number of amides is 2.